The van der Waals surface area contributed by atoms with Gasteiger partial charge in [-0.1, -0.05) is 60.7 Å². The first-order chi connectivity index (χ1) is 27.4. The zero-order chi connectivity index (χ0) is 38.2. The fourth-order valence-corrected chi connectivity index (χ4v) is 9.11. The first-order valence-electron chi connectivity index (χ1n) is 20.0. The molecule has 0 saturated carbocycles. The first-order valence-corrected chi connectivity index (χ1v) is 20.0. The van der Waals surface area contributed by atoms with Crippen LogP contribution in [0.15, 0.2) is 120 Å². The van der Waals surface area contributed by atoms with Crippen molar-refractivity contribution in [3.63, 3.8) is 0 Å². The molecule has 4 atom stereocenters. The van der Waals surface area contributed by atoms with Crippen LogP contribution in [0.5, 0.6) is 0 Å². The lowest BCUT2D eigenvalue weighted by molar-refractivity contribution is -0.144. The number of piperazine rings is 2. The SMILES string of the molecule is O=C1C(CCCc2ccccc2)N(c2ccc(-c3ncc(-c4ccc(N5C(=O)C6CCCN6C(=O)C5CCc5ccccc5)cc4)o3)cc2)C(=O)C2CCCN12. The summed E-state index contributed by atoms with van der Waals surface area (Å²) in [5.41, 5.74) is 5.28. The van der Waals surface area contributed by atoms with E-state index >= 15 is 0 Å². The van der Waals surface area contributed by atoms with Gasteiger partial charge in [-0.25, -0.2) is 4.98 Å². The molecule has 4 aromatic carbocycles. The highest BCUT2D eigenvalue weighted by atomic mass is 16.4. The van der Waals surface area contributed by atoms with Crippen LogP contribution >= 0.6 is 0 Å². The van der Waals surface area contributed by atoms with Crippen molar-refractivity contribution in [1.29, 1.82) is 0 Å². The molecule has 56 heavy (non-hydrogen) atoms. The summed E-state index contributed by atoms with van der Waals surface area (Å²) in [6, 6.07) is 33.5. The molecule has 4 aliphatic heterocycles. The highest BCUT2D eigenvalue weighted by Gasteiger charge is 2.49. The largest absolute Gasteiger partial charge is 0.436 e. The van der Waals surface area contributed by atoms with Crippen molar-refractivity contribution in [3.8, 4) is 22.8 Å². The zero-order valence-electron chi connectivity index (χ0n) is 31.3. The summed E-state index contributed by atoms with van der Waals surface area (Å²) in [4.78, 5) is 66.9. The lowest BCUT2D eigenvalue weighted by Crippen LogP contribution is -2.63. The van der Waals surface area contributed by atoms with Gasteiger partial charge >= 0.3 is 0 Å². The van der Waals surface area contributed by atoms with E-state index in [9.17, 15) is 19.2 Å². The third-order valence-corrected chi connectivity index (χ3v) is 12.0. The summed E-state index contributed by atoms with van der Waals surface area (Å²) >= 11 is 0. The molecule has 4 unspecified atom stereocenters. The summed E-state index contributed by atoms with van der Waals surface area (Å²) in [5, 5.41) is 0. The molecular formula is C46H45N5O5. The van der Waals surface area contributed by atoms with Gasteiger partial charge in [0.2, 0.25) is 17.7 Å². The topological polar surface area (TPSA) is 107 Å². The fraction of sp³-hybridized carbons (Fsp3) is 0.326. The van der Waals surface area contributed by atoms with E-state index in [-0.39, 0.29) is 23.6 Å². The maximum absolute atomic E-state index is 13.9. The van der Waals surface area contributed by atoms with Gasteiger partial charge in [0.05, 0.1) is 6.20 Å². The molecule has 10 heteroatoms. The molecule has 0 bridgehead atoms. The lowest BCUT2D eigenvalue weighted by atomic mass is 9.97. The van der Waals surface area contributed by atoms with Gasteiger partial charge in [-0.3, -0.25) is 29.0 Å². The van der Waals surface area contributed by atoms with Gasteiger partial charge in [0.15, 0.2) is 5.76 Å². The third-order valence-electron chi connectivity index (χ3n) is 12.0. The number of benzene rings is 4. The van der Waals surface area contributed by atoms with Crippen LogP contribution in [0.3, 0.4) is 0 Å². The minimum absolute atomic E-state index is 0.0138. The lowest BCUT2D eigenvalue weighted by Gasteiger charge is -2.42. The molecule has 9 rings (SSSR count). The normalized spacial score (nSPS) is 22.2. The van der Waals surface area contributed by atoms with E-state index in [0.717, 1.165) is 42.4 Å². The number of carbonyl (C=O) groups is 4. The molecule has 5 heterocycles. The average molecular weight is 748 g/mol. The third kappa shape index (κ3) is 6.67. The summed E-state index contributed by atoms with van der Waals surface area (Å²) in [7, 11) is 0. The molecular weight excluding hydrogens is 703 g/mol. The van der Waals surface area contributed by atoms with E-state index in [1.165, 1.54) is 5.56 Å². The first kappa shape index (κ1) is 35.7. The second-order valence-electron chi connectivity index (χ2n) is 15.4. The van der Waals surface area contributed by atoms with Crippen LogP contribution in [0.25, 0.3) is 22.8 Å². The number of hydrogen-bond acceptors (Lipinski definition) is 6. The second kappa shape index (κ2) is 15.2. The number of aryl methyl sites for hydroxylation is 2. The van der Waals surface area contributed by atoms with Gasteiger partial charge in [0, 0.05) is 35.6 Å². The molecule has 0 spiro atoms. The number of fused-ring (bicyclic) bond motifs is 2. The Hall–Kier alpha value is -6.03. The predicted octanol–water partition coefficient (Wildman–Crippen LogP) is 7.08. The summed E-state index contributed by atoms with van der Waals surface area (Å²) < 4.78 is 6.25. The van der Waals surface area contributed by atoms with Gasteiger partial charge in [-0.05, 0) is 117 Å². The van der Waals surface area contributed by atoms with E-state index in [4.69, 9.17) is 4.42 Å². The van der Waals surface area contributed by atoms with Crippen LogP contribution in [0, 0.1) is 0 Å². The Morgan fingerprint density at radius 1 is 0.554 bits per heavy atom. The maximum atomic E-state index is 13.9. The van der Waals surface area contributed by atoms with Crippen molar-refractivity contribution in [2.45, 2.75) is 82.0 Å². The molecule has 4 aliphatic rings. The van der Waals surface area contributed by atoms with Gasteiger partial charge in [0.25, 0.3) is 11.8 Å². The van der Waals surface area contributed by atoms with Crippen molar-refractivity contribution in [2.75, 3.05) is 22.9 Å². The average Bonchev–Trinajstić information content (AvgIpc) is 4.04. The molecule has 5 aromatic rings. The van der Waals surface area contributed by atoms with Gasteiger partial charge in [0.1, 0.15) is 24.2 Å². The van der Waals surface area contributed by atoms with Crippen molar-refractivity contribution in [3.05, 3.63) is 127 Å². The number of nitrogens with zero attached hydrogens (tertiary/aromatic N) is 5. The minimum Gasteiger partial charge on any atom is -0.436 e. The van der Waals surface area contributed by atoms with E-state index in [0.29, 0.717) is 68.2 Å². The second-order valence-corrected chi connectivity index (χ2v) is 15.4. The molecule has 1 aromatic heterocycles. The van der Waals surface area contributed by atoms with E-state index in [2.05, 4.69) is 29.2 Å². The molecule has 4 saturated heterocycles. The number of aromatic nitrogens is 1. The van der Waals surface area contributed by atoms with E-state index in [1.54, 1.807) is 25.8 Å². The van der Waals surface area contributed by atoms with Crippen LogP contribution < -0.4 is 9.80 Å². The Morgan fingerprint density at radius 2 is 1.05 bits per heavy atom. The Labute approximate surface area is 326 Å². The van der Waals surface area contributed by atoms with Gasteiger partial charge in [-0.2, -0.15) is 0 Å². The molecule has 0 radical (unpaired) electrons. The van der Waals surface area contributed by atoms with Gasteiger partial charge < -0.3 is 14.2 Å². The van der Waals surface area contributed by atoms with E-state index in [1.807, 2.05) is 84.9 Å². The molecule has 4 fully saturated rings. The van der Waals surface area contributed by atoms with E-state index < -0.39 is 24.2 Å². The standard InChI is InChI=1S/C46H45N5O5/c52-43-39(15-7-14-31-10-3-1-4-11-31)50(45(54)37-16-8-28-48(37)43)36-25-21-34(22-26-36)42-47-30-41(56-42)33-19-23-35(24-20-33)51-40(27-18-32-12-5-2-6-13-32)44(53)49-29-9-17-38(49)46(51)55/h1-6,10-13,19-26,30,37-40H,7-9,14-18,27-29H2. The number of rotatable bonds is 11. The number of amides is 4. The highest BCUT2D eigenvalue weighted by Crippen LogP contribution is 2.36. The summed E-state index contributed by atoms with van der Waals surface area (Å²) in [6.07, 6.45) is 8.19. The van der Waals surface area contributed by atoms with Crippen molar-refractivity contribution < 1.29 is 23.6 Å². The Balaban J connectivity index is 0.917. The van der Waals surface area contributed by atoms with Crippen LogP contribution in [0.1, 0.15) is 56.1 Å². The summed E-state index contributed by atoms with van der Waals surface area (Å²) in [5.74, 6) is 1.02. The maximum Gasteiger partial charge on any atom is 0.250 e. The quantitative estimate of drug-likeness (QED) is 0.143. The number of hydrogen-bond donors (Lipinski definition) is 0. The molecule has 0 aliphatic carbocycles. The number of anilines is 2. The van der Waals surface area contributed by atoms with Crippen LogP contribution in [-0.2, 0) is 32.0 Å². The zero-order valence-corrected chi connectivity index (χ0v) is 31.3. The fourth-order valence-electron chi connectivity index (χ4n) is 9.11. The Bertz CT molecular complexity index is 2220. The van der Waals surface area contributed by atoms with Crippen LogP contribution in [0.2, 0.25) is 0 Å². The Morgan fingerprint density at radius 3 is 1.61 bits per heavy atom. The van der Waals surface area contributed by atoms with Crippen LogP contribution in [-0.4, -0.2) is 75.7 Å². The van der Waals surface area contributed by atoms with Crippen molar-refractivity contribution in [2.24, 2.45) is 0 Å². The Kier molecular flexibility index (Phi) is 9.71. The highest BCUT2D eigenvalue weighted by molar-refractivity contribution is 6.09. The monoisotopic (exact) mass is 747 g/mol. The summed E-state index contributed by atoms with van der Waals surface area (Å²) in [6.45, 7) is 1.27. The van der Waals surface area contributed by atoms with Crippen molar-refractivity contribution in [1.82, 2.24) is 14.8 Å². The molecule has 4 amide bonds. The van der Waals surface area contributed by atoms with Gasteiger partial charge in [-0.15, -0.1) is 0 Å². The molecule has 0 N–H and O–H groups in total. The number of oxazole rings is 1. The predicted molar refractivity (Wildman–Crippen MR) is 214 cm³/mol. The van der Waals surface area contributed by atoms with Crippen LogP contribution in [0.4, 0.5) is 11.4 Å². The smallest absolute Gasteiger partial charge is 0.250 e. The molecule has 10 nitrogen and oxygen atoms in total. The minimum atomic E-state index is -0.567. The van der Waals surface area contributed by atoms with Crippen molar-refractivity contribution >= 4 is 35.0 Å². The number of carbonyl (C=O) groups excluding carboxylic acids is 4. The molecule has 284 valence electrons.